The van der Waals surface area contributed by atoms with Gasteiger partial charge in [-0.2, -0.15) is 0 Å². The van der Waals surface area contributed by atoms with Gasteiger partial charge in [0.1, 0.15) is 0 Å². The Morgan fingerprint density at radius 1 is 1.31 bits per heavy atom. The molecule has 1 aromatic carbocycles. The Labute approximate surface area is 96.9 Å². The molecule has 88 valence electrons. The van der Waals surface area contributed by atoms with Crippen molar-refractivity contribution >= 4 is 5.69 Å². The normalized spacial score (nSPS) is 17.8. The first-order valence-corrected chi connectivity index (χ1v) is 5.84. The lowest BCUT2D eigenvalue weighted by Gasteiger charge is -2.28. The number of nitrogen functional groups attached to an aromatic ring is 1. The van der Waals surface area contributed by atoms with Crippen molar-refractivity contribution in [3.05, 3.63) is 29.3 Å². The molecule has 0 aromatic heterocycles. The van der Waals surface area contributed by atoms with Crippen LogP contribution in [0.4, 0.5) is 5.69 Å². The third kappa shape index (κ3) is 2.06. The number of hydrogen-bond donors (Lipinski definition) is 2. The van der Waals surface area contributed by atoms with Crippen molar-refractivity contribution in [3.63, 3.8) is 0 Å². The zero-order chi connectivity index (χ0) is 11.7. The lowest BCUT2D eigenvalue weighted by molar-refractivity contribution is 0.0892. The molecule has 16 heavy (non-hydrogen) atoms. The summed E-state index contributed by atoms with van der Waals surface area (Å²) < 4.78 is 0. The minimum Gasteiger partial charge on any atom is -0.399 e. The van der Waals surface area contributed by atoms with Gasteiger partial charge in [-0.05, 0) is 29.2 Å². The van der Waals surface area contributed by atoms with E-state index in [-0.39, 0.29) is 12.6 Å². The van der Waals surface area contributed by atoms with Gasteiger partial charge in [0, 0.05) is 24.8 Å². The Kier molecular flexibility index (Phi) is 3.17. The van der Waals surface area contributed by atoms with Gasteiger partial charge in [0.2, 0.25) is 0 Å². The molecule has 2 rings (SSSR count). The van der Waals surface area contributed by atoms with E-state index in [9.17, 15) is 5.11 Å². The van der Waals surface area contributed by atoms with Crippen molar-refractivity contribution in [1.29, 1.82) is 0 Å². The fourth-order valence-corrected chi connectivity index (χ4v) is 2.42. The highest BCUT2D eigenvalue weighted by atomic mass is 16.3. The number of rotatable bonds is 3. The zero-order valence-electron chi connectivity index (χ0n) is 9.98. The van der Waals surface area contributed by atoms with Crippen molar-refractivity contribution in [3.8, 4) is 0 Å². The second-order valence-corrected chi connectivity index (χ2v) is 4.93. The molecule has 1 aliphatic rings. The molecular weight excluding hydrogens is 200 g/mol. The average molecular weight is 220 g/mol. The van der Waals surface area contributed by atoms with Gasteiger partial charge in [-0.15, -0.1) is 0 Å². The summed E-state index contributed by atoms with van der Waals surface area (Å²) in [5.74, 6) is 0.469. The molecule has 1 atom stereocenters. The fraction of sp³-hybridized carbons (Fsp3) is 0.538. The molecule has 0 radical (unpaired) electrons. The van der Waals surface area contributed by atoms with Crippen LogP contribution in [0.3, 0.4) is 0 Å². The second kappa shape index (κ2) is 4.44. The topological polar surface area (TPSA) is 49.5 Å². The van der Waals surface area contributed by atoms with E-state index < -0.39 is 0 Å². The molecule has 3 N–H and O–H groups in total. The van der Waals surface area contributed by atoms with Crippen LogP contribution in [0.1, 0.15) is 25.0 Å². The van der Waals surface area contributed by atoms with Gasteiger partial charge in [0.05, 0.1) is 6.61 Å². The zero-order valence-corrected chi connectivity index (χ0v) is 9.98. The number of aliphatic hydroxyl groups excluding tert-OH is 1. The highest BCUT2D eigenvalue weighted by Gasteiger charge is 2.27. The second-order valence-electron chi connectivity index (χ2n) is 4.93. The van der Waals surface area contributed by atoms with Crippen LogP contribution in [0.25, 0.3) is 0 Å². The van der Waals surface area contributed by atoms with Gasteiger partial charge in [-0.1, -0.05) is 19.9 Å². The first kappa shape index (κ1) is 11.4. The van der Waals surface area contributed by atoms with Gasteiger partial charge in [0.15, 0.2) is 0 Å². The number of aliphatic hydroxyl groups is 1. The van der Waals surface area contributed by atoms with Crippen LogP contribution in [0.5, 0.6) is 0 Å². The summed E-state index contributed by atoms with van der Waals surface area (Å²) in [5.41, 5.74) is 9.25. The Hall–Kier alpha value is -1.06. The maximum atomic E-state index is 9.42. The standard InChI is InChI=1S/C13H20N2O/c1-9(2)13(8-16)15-6-10-3-4-12(14)5-11(10)7-15/h3-5,9,13,16H,6-8,14H2,1-2H3. The van der Waals surface area contributed by atoms with E-state index >= 15 is 0 Å². The van der Waals surface area contributed by atoms with E-state index in [1.54, 1.807) is 0 Å². The van der Waals surface area contributed by atoms with Crippen LogP contribution < -0.4 is 5.73 Å². The van der Waals surface area contributed by atoms with Crippen LogP contribution in [-0.2, 0) is 13.1 Å². The van der Waals surface area contributed by atoms with Crippen molar-refractivity contribution in [1.82, 2.24) is 4.90 Å². The Bertz CT molecular complexity index is 376. The Morgan fingerprint density at radius 3 is 2.62 bits per heavy atom. The first-order chi connectivity index (χ1) is 7.61. The van der Waals surface area contributed by atoms with Gasteiger partial charge in [0.25, 0.3) is 0 Å². The first-order valence-electron chi connectivity index (χ1n) is 5.84. The molecule has 1 aliphatic heterocycles. The molecule has 0 fully saturated rings. The van der Waals surface area contributed by atoms with Gasteiger partial charge in [-0.25, -0.2) is 0 Å². The van der Waals surface area contributed by atoms with E-state index in [1.807, 2.05) is 12.1 Å². The molecule has 0 saturated carbocycles. The third-order valence-electron chi connectivity index (χ3n) is 3.40. The van der Waals surface area contributed by atoms with Gasteiger partial charge < -0.3 is 10.8 Å². The molecule has 0 spiro atoms. The summed E-state index contributed by atoms with van der Waals surface area (Å²) in [6.07, 6.45) is 0. The monoisotopic (exact) mass is 220 g/mol. The number of nitrogens with zero attached hydrogens (tertiary/aromatic N) is 1. The van der Waals surface area contributed by atoms with Crippen molar-refractivity contribution in [2.24, 2.45) is 5.92 Å². The van der Waals surface area contributed by atoms with Crippen molar-refractivity contribution in [2.75, 3.05) is 12.3 Å². The molecule has 1 unspecified atom stereocenters. The van der Waals surface area contributed by atoms with Crippen molar-refractivity contribution in [2.45, 2.75) is 33.0 Å². The number of nitrogens with two attached hydrogens (primary N) is 1. The van der Waals surface area contributed by atoms with E-state index in [4.69, 9.17) is 5.73 Å². The molecule has 3 heteroatoms. The van der Waals surface area contributed by atoms with E-state index in [2.05, 4.69) is 24.8 Å². The highest BCUT2D eigenvalue weighted by molar-refractivity contribution is 5.46. The van der Waals surface area contributed by atoms with Gasteiger partial charge in [-0.3, -0.25) is 4.90 Å². The SMILES string of the molecule is CC(C)C(CO)N1Cc2ccc(N)cc2C1. The summed E-state index contributed by atoms with van der Waals surface area (Å²) in [6.45, 7) is 6.36. The number of fused-ring (bicyclic) bond motifs is 1. The maximum absolute atomic E-state index is 9.42. The lowest BCUT2D eigenvalue weighted by Crippen LogP contribution is -2.37. The van der Waals surface area contributed by atoms with Crippen LogP contribution in [0.15, 0.2) is 18.2 Å². The van der Waals surface area contributed by atoms with Crippen LogP contribution in [0, 0.1) is 5.92 Å². The Morgan fingerprint density at radius 2 is 2.00 bits per heavy atom. The lowest BCUT2D eigenvalue weighted by atomic mass is 10.0. The number of benzene rings is 1. The predicted molar refractivity (Wildman–Crippen MR) is 65.8 cm³/mol. The maximum Gasteiger partial charge on any atom is 0.0589 e. The van der Waals surface area contributed by atoms with Gasteiger partial charge >= 0.3 is 0 Å². The quantitative estimate of drug-likeness (QED) is 0.761. The molecule has 0 amide bonds. The molecule has 3 nitrogen and oxygen atoms in total. The molecule has 0 bridgehead atoms. The van der Waals surface area contributed by atoms with E-state index in [0.717, 1.165) is 18.8 Å². The summed E-state index contributed by atoms with van der Waals surface area (Å²) in [4.78, 5) is 2.33. The minimum absolute atomic E-state index is 0.223. The van der Waals surface area contributed by atoms with Crippen molar-refractivity contribution < 1.29 is 5.11 Å². The Balaban J connectivity index is 2.15. The molecule has 1 heterocycles. The largest absolute Gasteiger partial charge is 0.399 e. The van der Waals surface area contributed by atoms with Crippen LogP contribution >= 0.6 is 0 Å². The number of hydrogen-bond acceptors (Lipinski definition) is 3. The molecule has 1 aromatic rings. The third-order valence-corrected chi connectivity index (χ3v) is 3.40. The van der Waals surface area contributed by atoms with Crippen LogP contribution in [0.2, 0.25) is 0 Å². The fourth-order valence-electron chi connectivity index (χ4n) is 2.42. The smallest absolute Gasteiger partial charge is 0.0589 e. The van der Waals surface area contributed by atoms with E-state index in [0.29, 0.717) is 5.92 Å². The average Bonchev–Trinajstić information content (AvgIpc) is 2.60. The summed E-state index contributed by atoms with van der Waals surface area (Å²) in [7, 11) is 0. The predicted octanol–water partition coefficient (Wildman–Crippen LogP) is 1.60. The van der Waals surface area contributed by atoms with Crippen LogP contribution in [-0.4, -0.2) is 22.7 Å². The molecule has 0 aliphatic carbocycles. The summed E-state index contributed by atoms with van der Waals surface area (Å²) >= 11 is 0. The highest BCUT2D eigenvalue weighted by Crippen LogP contribution is 2.28. The minimum atomic E-state index is 0.223. The molecular formula is C13H20N2O. The summed E-state index contributed by atoms with van der Waals surface area (Å²) in [6, 6.07) is 6.34. The van der Waals surface area contributed by atoms with E-state index in [1.165, 1.54) is 11.1 Å². The summed E-state index contributed by atoms with van der Waals surface area (Å²) in [5, 5.41) is 9.42. The molecule has 0 saturated heterocycles. The number of anilines is 1.